The monoisotopic (exact) mass is 259 g/mol. The molecule has 1 unspecified atom stereocenters. The molecular formula is C13H16F3NO. The standard InChI is InChI=1S/C13H16F3NO/c1-3-9(8-17-2)12(18)10-4-6-11(7-5-10)13(14,15)16/h4-7,9,17H,3,8H2,1-2H3. The molecule has 1 N–H and O–H groups in total. The topological polar surface area (TPSA) is 29.1 Å². The van der Waals surface area contributed by atoms with Crippen molar-refractivity contribution in [3.63, 3.8) is 0 Å². The van der Waals surface area contributed by atoms with Crippen LogP contribution in [0.4, 0.5) is 13.2 Å². The van der Waals surface area contributed by atoms with Crippen LogP contribution in [0.15, 0.2) is 24.3 Å². The molecular weight excluding hydrogens is 243 g/mol. The number of carbonyl (C=O) groups excluding carboxylic acids is 1. The van der Waals surface area contributed by atoms with Gasteiger partial charge in [-0.2, -0.15) is 13.2 Å². The van der Waals surface area contributed by atoms with Gasteiger partial charge in [-0.3, -0.25) is 4.79 Å². The van der Waals surface area contributed by atoms with Crippen LogP contribution in [0.2, 0.25) is 0 Å². The number of rotatable bonds is 5. The van der Waals surface area contributed by atoms with E-state index in [1.54, 1.807) is 7.05 Å². The van der Waals surface area contributed by atoms with E-state index >= 15 is 0 Å². The summed E-state index contributed by atoms with van der Waals surface area (Å²) in [6.45, 7) is 2.40. The number of Topliss-reactive ketones (excluding diaryl/α,β-unsaturated/α-hetero) is 1. The average Bonchev–Trinajstić information content (AvgIpc) is 2.34. The molecule has 0 saturated carbocycles. The lowest BCUT2D eigenvalue weighted by atomic mass is 9.94. The smallest absolute Gasteiger partial charge is 0.319 e. The number of ketones is 1. The normalized spacial score (nSPS) is 13.4. The number of nitrogens with one attached hydrogen (secondary N) is 1. The third-order valence-corrected chi connectivity index (χ3v) is 2.81. The lowest BCUT2D eigenvalue weighted by Gasteiger charge is -2.13. The number of benzene rings is 1. The molecule has 0 amide bonds. The Hall–Kier alpha value is -1.36. The van der Waals surface area contributed by atoms with Crippen LogP contribution in [0.1, 0.15) is 29.3 Å². The second-order valence-corrected chi connectivity index (χ2v) is 4.10. The van der Waals surface area contributed by atoms with E-state index in [1.807, 2.05) is 6.92 Å². The van der Waals surface area contributed by atoms with Crippen molar-refractivity contribution in [2.75, 3.05) is 13.6 Å². The van der Waals surface area contributed by atoms with Crippen molar-refractivity contribution in [3.05, 3.63) is 35.4 Å². The van der Waals surface area contributed by atoms with Crippen molar-refractivity contribution < 1.29 is 18.0 Å². The Balaban J connectivity index is 2.88. The summed E-state index contributed by atoms with van der Waals surface area (Å²) in [5, 5.41) is 2.90. The molecule has 0 aromatic heterocycles. The zero-order chi connectivity index (χ0) is 13.8. The van der Waals surface area contributed by atoms with Crippen molar-refractivity contribution >= 4 is 5.78 Å². The quantitative estimate of drug-likeness (QED) is 0.823. The highest BCUT2D eigenvalue weighted by molar-refractivity contribution is 5.98. The fraction of sp³-hybridized carbons (Fsp3) is 0.462. The van der Waals surface area contributed by atoms with E-state index < -0.39 is 11.7 Å². The fourth-order valence-corrected chi connectivity index (χ4v) is 1.73. The maximum absolute atomic E-state index is 12.4. The minimum Gasteiger partial charge on any atom is -0.319 e. The van der Waals surface area contributed by atoms with E-state index in [-0.39, 0.29) is 11.7 Å². The molecule has 0 bridgehead atoms. The number of hydrogen-bond acceptors (Lipinski definition) is 2. The molecule has 0 heterocycles. The summed E-state index contributed by atoms with van der Waals surface area (Å²) in [5.74, 6) is -0.327. The van der Waals surface area contributed by atoms with Gasteiger partial charge in [0, 0.05) is 18.0 Å². The van der Waals surface area contributed by atoms with Gasteiger partial charge < -0.3 is 5.32 Å². The molecule has 0 saturated heterocycles. The molecule has 0 aliphatic carbocycles. The van der Waals surface area contributed by atoms with E-state index in [4.69, 9.17) is 0 Å². The molecule has 2 nitrogen and oxygen atoms in total. The fourth-order valence-electron chi connectivity index (χ4n) is 1.73. The van der Waals surface area contributed by atoms with Crippen molar-refractivity contribution in [2.24, 2.45) is 5.92 Å². The van der Waals surface area contributed by atoms with E-state index in [2.05, 4.69) is 5.32 Å². The Labute approximate surface area is 104 Å². The lowest BCUT2D eigenvalue weighted by Crippen LogP contribution is -2.25. The molecule has 0 radical (unpaired) electrons. The lowest BCUT2D eigenvalue weighted by molar-refractivity contribution is -0.137. The van der Waals surface area contributed by atoms with E-state index in [1.165, 1.54) is 12.1 Å². The number of carbonyl (C=O) groups is 1. The molecule has 1 atom stereocenters. The summed E-state index contributed by atoms with van der Waals surface area (Å²) in [4.78, 5) is 12.0. The van der Waals surface area contributed by atoms with Crippen LogP contribution in [-0.2, 0) is 6.18 Å². The third kappa shape index (κ3) is 3.57. The molecule has 5 heteroatoms. The first-order valence-corrected chi connectivity index (χ1v) is 5.76. The highest BCUT2D eigenvalue weighted by Crippen LogP contribution is 2.29. The Morgan fingerprint density at radius 2 is 1.83 bits per heavy atom. The molecule has 100 valence electrons. The first-order valence-electron chi connectivity index (χ1n) is 5.76. The molecule has 1 rings (SSSR count). The van der Waals surface area contributed by atoms with Crippen molar-refractivity contribution in [1.29, 1.82) is 0 Å². The minimum atomic E-state index is -4.36. The first-order chi connectivity index (χ1) is 8.40. The van der Waals surface area contributed by atoms with Gasteiger partial charge in [0.25, 0.3) is 0 Å². The van der Waals surface area contributed by atoms with Crippen LogP contribution in [0, 0.1) is 5.92 Å². The summed E-state index contributed by atoms with van der Waals surface area (Å²) >= 11 is 0. The van der Waals surface area contributed by atoms with E-state index in [0.717, 1.165) is 12.1 Å². The van der Waals surface area contributed by atoms with Gasteiger partial charge in [-0.15, -0.1) is 0 Å². The minimum absolute atomic E-state index is 0.124. The first kappa shape index (κ1) is 14.7. The van der Waals surface area contributed by atoms with Crippen LogP contribution in [0.3, 0.4) is 0 Å². The summed E-state index contributed by atoms with van der Waals surface area (Å²) in [7, 11) is 1.74. The van der Waals surface area contributed by atoms with Gasteiger partial charge in [-0.25, -0.2) is 0 Å². The zero-order valence-corrected chi connectivity index (χ0v) is 10.3. The van der Waals surface area contributed by atoms with Gasteiger partial charge >= 0.3 is 6.18 Å². The van der Waals surface area contributed by atoms with Gasteiger partial charge in [0.05, 0.1) is 5.56 Å². The molecule has 0 spiro atoms. The molecule has 0 aliphatic heterocycles. The van der Waals surface area contributed by atoms with Crippen LogP contribution in [0.25, 0.3) is 0 Å². The summed E-state index contributed by atoms with van der Waals surface area (Å²) in [6, 6.07) is 4.37. The van der Waals surface area contributed by atoms with Gasteiger partial charge in [-0.05, 0) is 25.6 Å². The summed E-state index contributed by atoms with van der Waals surface area (Å²) in [5.41, 5.74) is -0.411. The van der Waals surface area contributed by atoms with Gasteiger partial charge in [0.1, 0.15) is 0 Å². The third-order valence-electron chi connectivity index (χ3n) is 2.81. The second-order valence-electron chi connectivity index (χ2n) is 4.10. The predicted molar refractivity (Wildman–Crippen MR) is 63.5 cm³/mol. The molecule has 1 aromatic rings. The highest BCUT2D eigenvalue weighted by atomic mass is 19.4. The molecule has 18 heavy (non-hydrogen) atoms. The van der Waals surface area contributed by atoms with Gasteiger partial charge in [-0.1, -0.05) is 19.1 Å². The molecule has 1 aromatic carbocycles. The van der Waals surface area contributed by atoms with Gasteiger partial charge in [0.2, 0.25) is 0 Å². The summed E-state index contributed by atoms with van der Waals surface area (Å²) in [6.07, 6.45) is -3.71. The number of halogens is 3. The van der Waals surface area contributed by atoms with Gasteiger partial charge in [0.15, 0.2) is 5.78 Å². The van der Waals surface area contributed by atoms with Crippen LogP contribution >= 0.6 is 0 Å². The van der Waals surface area contributed by atoms with Crippen LogP contribution in [0.5, 0.6) is 0 Å². The zero-order valence-electron chi connectivity index (χ0n) is 10.3. The van der Waals surface area contributed by atoms with Crippen molar-refractivity contribution in [3.8, 4) is 0 Å². The van der Waals surface area contributed by atoms with E-state index in [0.29, 0.717) is 18.5 Å². The largest absolute Gasteiger partial charge is 0.416 e. The van der Waals surface area contributed by atoms with Crippen molar-refractivity contribution in [1.82, 2.24) is 5.32 Å². The van der Waals surface area contributed by atoms with Crippen molar-refractivity contribution in [2.45, 2.75) is 19.5 Å². The molecule has 0 aliphatic rings. The van der Waals surface area contributed by atoms with Crippen LogP contribution < -0.4 is 5.32 Å². The SMILES string of the molecule is CCC(CNC)C(=O)c1ccc(C(F)(F)F)cc1. The Morgan fingerprint density at radius 3 is 2.22 bits per heavy atom. The maximum Gasteiger partial charge on any atom is 0.416 e. The average molecular weight is 259 g/mol. The number of alkyl halides is 3. The van der Waals surface area contributed by atoms with Crippen LogP contribution in [-0.4, -0.2) is 19.4 Å². The predicted octanol–water partition coefficient (Wildman–Crippen LogP) is 3.13. The Bertz CT molecular complexity index is 398. The molecule has 0 fully saturated rings. The van der Waals surface area contributed by atoms with E-state index in [9.17, 15) is 18.0 Å². The summed E-state index contributed by atoms with van der Waals surface area (Å²) < 4.78 is 37.1. The Morgan fingerprint density at radius 1 is 1.28 bits per heavy atom. The maximum atomic E-state index is 12.4. The second kappa shape index (κ2) is 6.00. The number of hydrogen-bond donors (Lipinski definition) is 1. The Kier molecular flexibility index (Phi) is 4.90. The highest BCUT2D eigenvalue weighted by Gasteiger charge is 2.30.